The molecular weight excluding hydrogens is 368 g/mol. The number of carbonyl (C=O) groups is 3. The van der Waals surface area contributed by atoms with E-state index in [1.54, 1.807) is 38.1 Å². The molecule has 0 radical (unpaired) electrons. The number of nitrogens with one attached hydrogen (secondary N) is 1. The highest BCUT2D eigenvalue weighted by molar-refractivity contribution is 5.98. The molecule has 1 amide bonds. The summed E-state index contributed by atoms with van der Waals surface area (Å²) >= 11 is 0. The van der Waals surface area contributed by atoms with Crippen LogP contribution in [0.25, 0.3) is 0 Å². The molecule has 2 aromatic rings. The van der Waals surface area contributed by atoms with Crippen LogP contribution in [0.1, 0.15) is 29.8 Å². The number of ether oxygens (including phenoxy) is 1. The topological polar surface area (TPSA) is 72.5 Å². The van der Waals surface area contributed by atoms with Gasteiger partial charge in [0.05, 0.1) is 6.42 Å². The van der Waals surface area contributed by atoms with Gasteiger partial charge in [0.25, 0.3) is 0 Å². The Bertz CT molecular complexity index is 853. The maximum atomic E-state index is 13.2. The number of amides is 1. The van der Waals surface area contributed by atoms with Gasteiger partial charge in [-0.05, 0) is 29.7 Å². The van der Waals surface area contributed by atoms with Crippen molar-refractivity contribution in [3.8, 4) is 0 Å². The summed E-state index contributed by atoms with van der Waals surface area (Å²) in [7, 11) is 0. The second-order valence-electron chi connectivity index (χ2n) is 6.61. The Morgan fingerprint density at radius 1 is 1.00 bits per heavy atom. The van der Waals surface area contributed by atoms with Gasteiger partial charge < -0.3 is 10.1 Å². The molecule has 2 rings (SSSR count). The van der Waals surface area contributed by atoms with E-state index in [-0.39, 0.29) is 23.8 Å². The number of Topliss-reactive ketones (excluding diaryl/α,β-unsaturated/α-hetero) is 1. The van der Waals surface area contributed by atoms with E-state index in [2.05, 4.69) is 5.32 Å². The lowest BCUT2D eigenvalue weighted by molar-refractivity contribution is -0.148. The van der Waals surface area contributed by atoms with E-state index in [0.717, 1.165) is 23.8 Å². The van der Waals surface area contributed by atoms with Crippen LogP contribution in [0.5, 0.6) is 0 Å². The number of rotatable bonds is 8. The van der Waals surface area contributed by atoms with Gasteiger partial charge in [-0.2, -0.15) is 0 Å². The SMILES string of the molecule is CC(C)[C@H](NC(=O)Cc1ccccc1)C(=O)OCC(=O)c1ccc(F)c(F)c1. The number of hydrogen-bond acceptors (Lipinski definition) is 4. The number of benzene rings is 2. The predicted molar refractivity (Wildman–Crippen MR) is 98.6 cm³/mol. The Morgan fingerprint density at radius 2 is 1.68 bits per heavy atom. The minimum absolute atomic E-state index is 0.102. The Labute approximate surface area is 161 Å². The van der Waals surface area contributed by atoms with Crippen molar-refractivity contribution < 1.29 is 27.9 Å². The fourth-order valence-electron chi connectivity index (χ4n) is 2.48. The molecule has 0 fully saturated rings. The average molecular weight is 389 g/mol. The molecule has 7 heteroatoms. The van der Waals surface area contributed by atoms with Gasteiger partial charge in [0.2, 0.25) is 5.91 Å². The summed E-state index contributed by atoms with van der Waals surface area (Å²) in [4.78, 5) is 36.5. The van der Waals surface area contributed by atoms with Gasteiger partial charge in [-0.15, -0.1) is 0 Å². The van der Waals surface area contributed by atoms with Crippen molar-refractivity contribution in [3.05, 3.63) is 71.3 Å². The summed E-state index contributed by atoms with van der Waals surface area (Å²) in [6.45, 7) is 2.82. The summed E-state index contributed by atoms with van der Waals surface area (Å²) in [5.74, 6) is -4.31. The third-order valence-corrected chi connectivity index (χ3v) is 4.03. The lowest BCUT2D eigenvalue weighted by Crippen LogP contribution is -2.46. The highest BCUT2D eigenvalue weighted by Crippen LogP contribution is 2.11. The van der Waals surface area contributed by atoms with Crippen LogP contribution >= 0.6 is 0 Å². The standard InChI is InChI=1S/C21H21F2NO4/c1-13(2)20(24-19(26)10-14-6-4-3-5-7-14)21(27)28-12-18(25)15-8-9-16(22)17(23)11-15/h3-9,11,13,20H,10,12H2,1-2H3,(H,24,26)/t20-/m0/s1. The molecule has 0 saturated heterocycles. The summed E-state index contributed by atoms with van der Waals surface area (Å²) in [5.41, 5.74) is 0.685. The molecule has 5 nitrogen and oxygen atoms in total. The summed E-state index contributed by atoms with van der Waals surface area (Å²) in [5, 5.41) is 2.61. The van der Waals surface area contributed by atoms with Gasteiger partial charge in [0.15, 0.2) is 24.0 Å². The molecule has 0 heterocycles. The van der Waals surface area contributed by atoms with E-state index in [4.69, 9.17) is 4.74 Å². The van der Waals surface area contributed by atoms with Gasteiger partial charge >= 0.3 is 5.97 Å². The van der Waals surface area contributed by atoms with Crippen molar-refractivity contribution in [2.24, 2.45) is 5.92 Å². The minimum atomic E-state index is -1.16. The molecule has 28 heavy (non-hydrogen) atoms. The number of hydrogen-bond donors (Lipinski definition) is 1. The van der Waals surface area contributed by atoms with Crippen molar-refractivity contribution in [1.82, 2.24) is 5.32 Å². The van der Waals surface area contributed by atoms with Gasteiger partial charge in [0.1, 0.15) is 6.04 Å². The first-order valence-corrected chi connectivity index (χ1v) is 8.76. The number of ketones is 1. The molecule has 2 aromatic carbocycles. The molecule has 0 spiro atoms. The van der Waals surface area contributed by atoms with Crippen molar-refractivity contribution in [3.63, 3.8) is 0 Å². The third-order valence-electron chi connectivity index (χ3n) is 4.03. The number of halogens is 2. The van der Waals surface area contributed by atoms with E-state index in [0.29, 0.717) is 0 Å². The van der Waals surface area contributed by atoms with E-state index >= 15 is 0 Å². The molecule has 0 aliphatic rings. The zero-order chi connectivity index (χ0) is 20.7. The highest BCUT2D eigenvalue weighted by Gasteiger charge is 2.26. The van der Waals surface area contributed by atoms with Gasteiger partial charge in [0, 0.05) is 5.56 Å². The summed E-state index contributed by atoms with van der Waals surface area (Å²) < 4.78 is 31.1. The van der Waals surface area contributed by atoms with Crippen LogP contribution in [0.3, 0.4) is 0 Å². The Hall–Kier alpha value is -3.09. The minimum Gasteiger partial charge on any atom is -0.456 e. The Balaban J connectivity index is 1.93. The summed E-state index contributed by atoms with van der Waals surface area (Å²) in [6, 6.07) is 10.8. The first-order chi connectivity index (χ1) is 13.3. The average Bonchev–Trinajstić information content (AvgIpc) is 2.66. The monoisotopic (exact) mass is 389 g/mol. The Morgan fingerprint density at radius 3 is 2.29 bits per heavy atom. The van der Waals surface area contributed by atoms with Crippen LogP contribution in [-0.2, 0) is 20.7 Å². The molecule has 0 aliphatic carbocycles. The van der Waals surface area contributed by atoms with Crippen molar-refractivity contribution in [2.45, 2.75) is 26.3 Å². The third kappa shape index (κ3) is 5.97. The number of esters is 1. The molecule has 0 aliphatic heterocycles. The number of carbonyl (C=O) groups excluding carboxylic acids is 3. The first kappa shape index (κ1) is 21.2. The van der Waals surface area contributed by atoms with Gasteiger partial charge in [-0.1, -0.05) is 44.2 Å². The van der Waals surface area contributed by atoms with Crippen LogP contribution < -0.4 is 5.32 Å². The van der Waals surface area contributed by atoms with E-state index in [9.17, 15) is 23.2 Å². The molecule has 1 N–H and O–H groups in total. The smallest absolute Gasteiger partial charge is 0.329 e. The predicted octanol–water partition coefficient (Wildman–Crippen LogP) is 3.07. The summed E-state index contributed by atoms with van der Waals surface area (Å²) in [6.07, 6.45) is 0.102. The first-order valence-electron chi connectivity index (χ1n) is 8.76. The zero-order valence-electron chi connectivity index (χ0n) is 15.6. The van der Waals surface area contributed by atoms with Crippen LogP contribution in [0.4, 0.5) is 8.78 Å². The maximum Gasteiger partial charge on any atom is 0.329 e. The lowest BCUT2D eigenvalue weighted by Gasteiger charge is -2.20. The van der Waals surface area contributed by atoms with Crippen molar-refractivity contribution in [2.75, 3.05) is 6.61 Å². The van der Waals surface area contributed by atoms with Gasteiger partial charge in [-0.25, -0.2) is 13.6 Å². The quantitative estimate of drug-likeness (QED) is 0.556. The second kappa shape index (κ2) is 9.73. The van der Waals surface area contributed by atoms with Crippen LogP contribution in [0.15, 0.2) is 48.5 Å². The largest absolute Gasteiger partial charge is 0.456 e. The van der Waals surface area contributed by atoms with Crippen LogP contribution in [0.2, 0.25) is 0 Å². The maximum absolute atomic E-state index is 13.2. The van der Waals surface area contributed by atoms with E-state index in [1.165, 1.54) is 0 Å². The van der Waals surface area contributed by atoms with Crippen molar-refractivity contribution >= 4 is 17.7 Å². The van der Waals surface area contributed by atoms with Gasteiger partial charge in [-0.3, -0.25) is 9.59 Å². The van der Waals surface area contributed by atoms with Crippen molar-refractivity contribution in [1.29, 1.82) is 0 Å². The molecule has 1 atom stereocenters. The normalized spacial score (nSPS) is 11.8. The fourth-order valence-corrected chi connectivity index (χ4v) is 2.48. The molecule has 0 saturated carbocycles. The second-order valence-corrected chi connectivity index (χ2v) is 6.61. The molecule has 0 unspecified atom stereocenters. The fraction of sp³-hybridized carbons (Fsp3) is 0.286. The van der Waals surface area contributed by atoms with Crippen LogP contribution in [0, 0.1) is 17.6 Å². The zero-order valence-corrected chi connectivity index (χ0v) is 15.6. The molecule has 0 aromatic heterocycles. The molecule has 148 valence electrons. The van der Waals surface area contributed by atoms with E-state index in [1.807, 2.05) is 6.07 Å². The molecule has 0 bridgehead atoms. The molecular formula is C21H21F2NO4. The highest BCUT2D eigenvalue weighted by atomic mass is 19.2. The van der Waals surface area contributed by atoms with Crippen LogP contribution in [-0.4, -0.2) is 30.3 Å². The van der Waals surface area contributed by atoms with E-state index < -0.39 is 36.0 Å². The Kier molecular flexibility index (Phi) is 7.37. The lowest BCUT2D eigenvalue weighted by atomic mass is 10.0.